The number of nitrogens with one attached hydrogen (secondary N) is 1. The van der Waals surface area contributed by atoms with E-state index in [2.05, 4.69) is 10.3 Å². The SMILES string of the molecule is CCOc1ccc2cc(-c3csc(Nc4ccc(F)cc4)n3)c(=O)oc2c1. The van der Waals surface area contributed by atoms with Crippen LogP contribution in [0.3, 0.4) is 0 Å². The molecule has 0 aliphatic carbocycles. The number of nitrogens with zero attached hydrogens (tertiary/aromatic N) is 1. The fraction of sp³-hybridized carbons (Fsp3) is 0.100. The van der Waals surface area contributed by atoms with Gasteiger partial charge in [0, 0.05) is 22.5 Å². The van der Waals surface area contributed by atoms with Crippen molar-refractivity contribution in [2.45, 2.75) is 6.92 Å². The van der Waals surface area contributed by atoms with Gasteiger partial charge in [-0.05, 0) is 49.4 Å². The summed E-state index contributed by atoms with van der Waals surface area (Å²) in [5.74, 6) is 0.349. The molecule has 0 saturated carbocycles. The number of aromatic nitrogens is 1. The first-order chi connectivity index (χ1) is 13.1. The van der Waals surface area contributed by atoms with Gasteiger partial charge in [-0.15, -0.1) is 11.3 Å². The molecule has 4 rings (SSSR count). The van der Waals surface area contributed by atoms with E-state index in [1.165, 1.54) is 23.5 Å². The van der Waals surface area contributed by atoms with Crippen molar-refractivity contribution in [3.05, 3.63) is 70.1 Å². The molecule has 136 valence electrons. The Balaban J connectivity index is 1.65. The third kappa shape index (κ3) is 3.68. The van der Waals surface area contributed by atoms with Crippen LogP contribution in [-0.2, 0) is 0 Å². The molecule has 1 N–H and O–H groups in total. The minimum absolute atomic E-state index is 0.304. The quantitative estimate of drug-likeness (QED) is 0.481. The molecule has 2 heterocycles. The largest absolute Gasteiger partial charge is 0.494 e. The zero-order valence-electron chi connectivity index (χ0n) is 14.4. The minimum atomic E-state index is -0.463. The molecule has 0 aliphatic rings. The number of benzene rings is 2. The van der Waals surface area contributed by atoms with Crippen molar-refractivity contribution in [1.29, 1.82) is 0 Å². The Morgan fingerprint density at radius 3 is 2.78 bits per heavy atom. The molecule has 0 unspecified atom stereocenters. The molecule has 2 aromatic carbocycles. The zero-order chi connectivity index (χ0) is 18.8. The van der Waals surface area contributed by atoms with Crippen LogP contribution in [0.15, 0.2) is 63.1 Å². The predicted octanol–water partition coefficient (Wildman–Crippen LogP) is 5.20. The van der Waals surface area contributed by atoms with Crippen molar-refractivity contribution in [2.24, 2.45) is 0 Å². The van der Waals surface area contributed by atoms with Gasteiger partial charge in [-0.1, -0.05) is 0 Å². The van der Waals surface area contributed by atoms with Crippen molar-refractivity contribution < 1.29 is 13.5 Å². The van der Waals surface area contributed by atoms with Gasteiger partial charge < -0.3 is 14.5 Å². The number of hydrogen-bond donors (Lipinski definition) is 1. The predicted molar refractivity (Wildman–Crippen MR) is 104 cm³/mol. The molecule has 4 aromatic rings. The van der Waals surface area contributed by atoms with Crippen molar-refractivity contribution in [3.8, 4) is 17.0 Å². The van der Waals surface area contributed by atoms with Gasteiger partial charge in [-0.25, -0.2) is 14.2 Å². The standard InChI is InChI=1S/C20H15FN2O3S/c1-2-25-15-8-3-12-9-16(19(24)26-18(12)10-15)17-11-27-20(23-17)22-14-6-4-13(21)5-7-14/h3-11H,2H2,1H3,(H,22,23). The highest BCUT2D eigenvalue weighted by atomic mass is 32.1. The smallest absolute Gasteiger partial charge is 0.345 e. The van der Waals surface area contributed by atoms with Gasteiger partial charge in [0.25, 0.3) is 0 Å². The van der Waals surface area contributed by atoms with Gasteiger partial charge in [-0.3, -0.25) is 0 Å². The van der Waals surface area contributed by atoms with Gasteiger partial charge in [0.2, 0.25) is 0 Å². The molecular weight excluding hydrogens is 367 g/mol. The maximum absolute atomic E-state index is 13.0. The molecule has 0 atom stereocenters. The van der Waals surface area contributed by atoms with Crippen LogP contribution >= 0.6 is 11.3 Å². The van der Waals surface area contributed by atoms with E-state index in [0.717, 1.165) is 5.39 Å². The molecule has 27 heavy (non-hydrogen) atoms. The molecular formula is C20H15FN2O3S. The van der Waals surface area contributed by atoms with Crippen LogP contribution in [0.1, 0.15) is 6.92 Å². The second-order valence-electron chi connectivity index (χ2n) is 5.75. The van der Waals surface area contributed by atoms with Crippen molar-refractivity contribution in [1.82, 2.24) is 4.98 Å². The van der Waals surface area contributed by atoms with Crippen LogP contribution in [0.25, 0.3) is 22.2 Å². The third-order valence-electron chi connectivity index (χ3n) is 3.89. The molecule has 2 aromatic heterocycles. The van der Waals surface area contributed by atoms with Crippen LogP contribution in [0.4, 0.5) is 15.2 Å². The van der Waals surface area contributed by atoms with Crippen LogP contribution < -0.4 is 15.7 Å². The van der Waals surface area contributed by atoms with Crippen LogP contribution in [-0.4, -0.2) is 11.6 Å². The first kappa shape index (κ1) is 17.2. The monoisotopic (exact) mass is 382 g/mol. The maximum atomic E-state index is 13.0. The molecule has 7 heteroatoms. The molecule has 0 bridgehead atoms. The Bertz CT molecular complexity index is 1150. The van der Waals surface area contributed by atoms with Gasteiger partial charge in [0.15, 0.2) is 5.13 Å². The lowest BCUT2D eigenvalue weighted by Crippen LogP contribution is -2.03. The van der Waals surface area contributed by atoms with Gasteiger partial charge >= 0.3 is 5.63 Å². The fourth-order valence-electron chi connectivity index (χ4n) is 2.64. The average Bonchev–Trinajstić information content (AvgIpc) is 3.11. The maximum Gasteiger partial charge on any atom is 0.345 e. The summed E-state index contributed by atoms with van der Waals surface area (Å²) < 4.78 is 23.9. The normalized spacial score (nSPS) is 10.9. The van der Waals surface area contributed by atoms with Crippen LogP contribution in [0.5, 0.6) is 5.75 Å². The number of fused-ring (bicyclic) bond motifs is 1. The average molecular weight is 382 g/mol. The number of ether oxygens (including phenoxy) is 1. The first-order valence-electron chi connectivity index (χ1n) is 8.31. The number of anilines is 2. The lowest BCUT2D eigenvalue weighted by Gasteiger charge is -2.04. The summed E-state index contributed by atoms with van der Waals surface area (Å²) in [6, 6.07) is 13.1. The Kier molecular flexibility index (Phi) is 4.60. The number of hydrogen-bond acceptors (Lipinski definition) is 6. The Labute approximate surface area is 158 Å². The summed E-state index contributed by atoms with van der Waals surface area (Å²) >= 11 is 1.35. The number of halogens is 1. The lowest BCUT2D eigenvalue weighted by molar-refractivity contribution is 0.340. The Hall–Kier alpha value is -3.19. The van der Waals surface area contributed by atoms with E-state index in [1.54, 1.807) is 29.6 Å². The summed E-state index contributed by atoms with van der Waals surface area (Å²) in [6.45, 7) is 2.43. The highest BCUT2D eigenvalue weighted by Gasteiger charge is 2.12. The van der Waals surface area contributed by atoms with E-state index < -0.39 is 5.63 Å². The molecule has 0 aliphatic heterocycles. The number of rotatable bonds is 5. The third-order valence-corrected chi connectivity index (χ3v) is 4.65. The van der Waals surface area contributed by atoms with Crippen LogP contribution in [0.2, 0.25) is 0 Å². The highest BCUT2D eigenvalue weighted by Crippen LogP contribution is 2.28. The Morgan fingerprint density at radius 2 is 2.00 bits per heavy atom. The van der Waals surface area contributed by atoms with E-state index in [0.29, 0.717) is 40.0 Å². The molecule has 0 amide bonds. The summed E-state index contributed by atoms with van der Waals surface area (Å²) in [5, 5.41) is 6.25. The van der Waals surface area contributed by atoms with Gasteiger partial charge in [-0.2, -0.15) is 0 Å². The zero-order valence-corrected chi connectivity index (χ0v) is 15.2. The van der Waals surface area contributed by atoms with E-state index in [-0.39, 0.29) is 5.82 Å². The Morgan fingerprint density at radius 1 is 1.19 bits per heavy atom. The van der Waals surface area contributed by atoms with Crippen molar-refractivity contribution in [3.63, 3.8) is 0 Å². The second kappa shape index (κ2) is 7.20. The van der Waals surface area contributed by atoms with Crippen molar-refractivity contribution in [2.75, 3.05) is 11.9 Å². The summed E-state index contributed by atoms with van der Waals surface area (Å²) in [4.78, 5) is 16.8. The molecule has 0 radical (unpaired) electrons. The summed E-state index contributed by atoms with van der Waals surface area (Å²) in [7, 11) is 0. The molecule has 0 fully saturated rings. The minimum Gasteiger partial charge on any atom is -0.494 e. The first-order valence-corrected chi connectivity index (χ1v) is 9.19. The van der Waals surface area contributed by atoms with E-state index >= 15 is 0 Å². The topological polar surface area (TPSA) is 64.4 Å². The highest BCUT2D eigenvalue weighted by molar-refractivity contribution is 7.14. The molecule has 5 nitrogen and oxygen atoms in total. The van der Waals surface area contributed by atoms with Gasteiger partial charge in [0.1, 0.15) is 17.1 Å². The van der Waals surface area contributed by atoms with E-state index in [4.69, 9.17) is 9.15 Å². The van der Waals surface area contributed by atoms with E-state index in [9.17, 15) is 9.18 Å². The fourth-order valence-corrected chi connectivity index (χ4v) is 3.37. The van der Waals surface area contributed by atoms with Crippen molar-refractivity contribution >= 4 is 33.1 Å². The van der Waals surface area contributed by atoms with Crippen LogP contribution in [0, 0.1) is 5.82 Å². The second-order valence-corrected chi connectivity index (χ2v) is 6.61. The summed E-state index contributed by atoms with van der Waals surface area (Å²) in [5.41, 5.74) is 1.62. The summed E-state index contributed by atoms with van der Waals surface area (Å²) in [6.07, 6.45) is 0. The van der Waals surface area contributed by atoms with E-state index in [1.807, 2.05) is 19.1 Å². The molecule has 0 spiro atoms. The molecule has 0 saturated heterocycles. The van der Waals surface area contributed by atoms with Gasteiger partial charge in [0.05, 0.1) is 17.9 Å². The lowest BCUT2D eigenvalue weighted by atomic mass is 10.1. The number of thiazole rings is 1.